The van der Waals surface area contributed by atoms with Gasteiger partial charge in [0.1, 0.15) is 5.75 Å². The summed E-state index contributed by atoms with van der Waals surface area (Å²) in [5.41, 5.74) is 11.2. The smallest absolute Gasteiger partial charge is 0.256 e. The zero-order valence-corrected chi connectivity index (χ0v) is 9.57. The minimum absolute atomic E-state index is 0.00485. The van der Waals surface area contributed by atoms with Crippen LogP contribution in [0.5, 0.6) is 5.75 Å². The van der Waals surface area contributed by atoms with Crippen molar-refractivity contribution in [2.75, 3.05) is 7.11 Å². The average Bonchev–Trinajstić information content (AvgIpc) is 2.29. The number of methoxy groups -OCH3 is 1. The molecule has 0 radical (unpaired) electrons. The fourth-order valence-electron chi connectivity index (χ4n) is 0.881. The number of guanidine groups is 1. The third kappa shape index (κ3) is 8.47. The molecule has 0 aliphatic carbocycles. The zero-order valence-electron chi connectivity index (χ0n) is 9.57. The Kier molecular flexibility index (Phi) is 7.01. The average molecular weight is 255 g/mol. The number of hydrogen-bond donors (Lipinski definition) is 3. The topological polar surface area (TPSA) is 154 Å². The second-order valence-corrected chi connectivity index (χ2v) is 2.81. The van der Waals surface area contributed by atoms with Gasteiger partial charge in [0.05, 0.1) is 12.2 Å². The monoisotopic (exact) mass is 255 g/mol. The van der Waals surface area contributed by atoms with E-state index in [4.69, 9.17) is 31.5 Å². The van der Waals surface area contributed by atoms with Gasteiger partial charge < -0.3 is 31.5 Å². The van der Waals surface area contributed by atoms with Gasteiger partial charge in [0.2, 0.25) is 6.21 Å². The van der Waals surface area contributed by atoms with E-state index in [9.17, 15) is 0 Å². The van der Waals surface area contributed by atoms with E-state index in [1.807, 2.05) is 24.3 Å². The zero-order chi connectivity index (χ0) is 14.0. The van der Waals surface area contributed by atoms with Crippen LogP contribution >= 0.6 is 0 Å². The first-order chi connectivity index (χ1) is 8.45. The molecular formula is C9H13N5O4. The van der Waals surface area contributed by atoms with Crippen LogP contribution in [0.25, 0.3) is 0 Å². The van der Waals surface area contributed by atoms with E-state index in [0.717, 1.165) is 11.3 Å². The Morgan fingerprint density at radius 2 is 1.89 bits per heavy atom. The van der Waals surface area contributed by atoms with Crippen LogP contribution in [0.3, 0.4) is 0 Å². The molecule has 0 heterocycles. The van der Waals surface area contributed by atoms with Crippen LogP contribution in [-0.4, -0.2) is 24.4 Å². The standard InChI is InChI=1S/C9H12N4O.NO3/c1-14-8-4-2-7(3-5-8)6-12-13-9(10)11;2-1(3)4/h2-6H,1H3,(H4,10,11,13);/q;-1/p+1/b12-6+;. The molecule has 0 saturated heterocycles. The van der Waals surface area contributed by atoms with E-state index in [1.54, 1.807) is 13.3 Å². The van der Waals surface area contributed by atoms with E-state index in [2.05, 4.69) is 10.2 Å². The minimum Gasteiger partial charge on any atom is -0.497 e. The second-order valence-electron chi connectivity index (χ2n) is 2.81. The molecule has 0 fully saturated rings. The molecule has 1 rings (SSSR count). The predicted molar refractivity (Wildman–Crippen MR) is 65.3 cm³/mol. The van der Waals surface area contributed by atoms with E-state index < -0.39 is 5.09 Å². The number of benzene rings is 1. The molecule has 0 bridgehead atoms. The van der Waals surface area contributed by atoms with Gasteiger partial charge in [0.25, 0.3) is 5.96 Å². The van der Waals surface area contributed by atoms with Crippen LogP contribution in [-0.2, 0) is 0 Å². The summed E-state index contributed by atoms with van der Waals surface area (Å²) < 4.78 is 5.01. The van der Waals surface area contributed by atoms with Crippen molar-refractivity contribution in [1.29, 1.82) is 0 Å². The van der Waals surface area contributed by atoms with E-state index >= 15 is 0 Å². The lowest BCUT2D eigenvalue weighted by molar-refractivity contribution is -0.456. The van der Waals surface area contributed by atoms with Gasteiger partial charge in [0.15, 0.2) is 0 Å². The fraction of sp³-hybridized carbons (Fsp3) is 0.111. The van der Waals surface area contributed by atoms with Gasteiger partial charge in [-0.1, -0.05) is 0 Å². The first kappa shape index (κ1) is 15.2. The largest absolute Gasteiger partial charge is 0.497 e. The summed E-state index contributed by atoms with van der Waals surface area (Å²) in [6, 6.07) is 7.47. The summed E-state index contributed by atoms with van der Waals surface area (Å²) in [5.74, 6) is 0.804. The molecule has 0 unspecified atom stereocenters. The van der Waals surface area contributed by atoms with Crippen molar-refractivity contribution in [3.05, 3.63) is 45.2 Å². The highest BCUT2D eigenvalue weighted by atomic mass is 16.9. The lowest BCUT2D eigenvalue weighted by Crippen LogP contribution is -2.63. The molecule has 0 saturated carbocycles. The number of nitrogens with one attached hydrogen (secondary N) is 1. The van der Waals surface area contributed by atoms with Gasteiger partial charge in [-0.25, -0.2) is 0 Å². The Hall–Kier alpha value is -2.84. The van der Waals surface area contributed by atoms with Crippen molar-refractivity contribution in [3.8, 4) is 5.75 Å². The Balaban J connectivity index is 0.000000631. The van der Waals surface area contributed by atoms with Crippen LogP contribution in [0.1, 0.15) is 5.56 Å². The molecule has 0 aliphatic rings. The van der Waals surface area contributed by atoms with Crippen molar-refractivity contribution in [2.24, 2.45) is 16.6 Å². The third-order valence-corrected chi connectivity index (χ3v) is 1.54. The fourth-order valence-corrected chi connectivity index (χ4v) is 0.881. The minimum atomic E-state index is -1.75. The Labute approximate surface area is 102 Å². The first-order valence-corrected chi connectivity index (χ1v) is 4.58. The summed E-state index contributed by atoms with van der Waals surface area (Å²) in [7, 11) is 1.62. The van der Waals surface area contributed by atoms with Gasteiger partial charge >= 0.3 is 0 Å². The summed E-state index contributed by atoms with van der Waals surface area (Å²) in [4.78, 5) is 8.25. The van der Waals surface area contributed by atoms with Crippen LogP contribution in [0.4, 0.5) is 0 Å². The highest BCUT2D eigenvalue weighted by Gasteiger charge is 1.92. The molecule has 0 aliphatic heterocycles. The number of nitrogens with zero attached hydrogens (tertiary/aromatic N) is 2. The maximum Gasteiger partial charge on any atom is 0.256 e. The van der Waals surface area contributed by atoms with Gasteiger partial charge in [0, 0.05) is 10.7 Å². The molecule has 1 aromatic carbocycles. The Morgan fingerprint density at radius 3 is 2.28 bits per heavy atom. The molecule has 18 heavy (non-hydrogen) atoms. The lowest BCUT2D eigenvalue weighted by atomic mass is 10.2. The number of hydrazone groups is 1. The van der Waals surface area contributed by atoms with Crippen molar-refractivity contribution < 1.29 is 14.9 Å². The number of nitrogens with two attached hydrogens (primary N) is 2. The molecule has 9 nitrogen and oxygen atoms in total. The SMILES string of the molecule is COc1ccc(/C=[NH+]/N=C(N)N)cc1.O=[N+]([O-])[O-]. The molecule has 0 aromatic heterocycles. The van der Waals surface area contributed by atoms with Crippen LogP contribution in [0, 0.1) is 15.3 Å². The van der Waals surface area contributed by atoms with Gasteiger partial charge in [-0.05, 0) is 24.3 Å². The molecule has 0 spiro atoms. The Morgan fingerprint density at radius 1 is 1.39 bits per heavy atom. The molecule has 0 amide bonds. The number of ether oxygens (including phenoxy) is 1. The van der Waals surface area contributed by atoms with Gasteiger partial charge in [-0.2, -0.15) is 0 Å². The van der Waals surface area contributed by atoms with Crippen LogP contribution in [0.15, 0.2) is 29.4 Å². The first-order valence-electron chi connectivity index (χ1n) is 4.58. The highest BCUT2D eigenvalue weighted by Crippen LogP contribution is 2.08. The molecule has 0 atom stereocenters. The van der Waals surface area contributed by atoms with Crippen molar-refractivity contribution in [2.45, 2.75) is 0 Å². The highest BCUT2D eigenvalue weighted by molar-refractivity contribution is 5.77. The Bertz CT molecular complexity index is 421. The van der Waals surface area contributed by atoms with Crippen molar-refractivity contribution >= 4 is 12.2 Å². The summed E-state index contributed by atoms with van der Waals surface area (Å²) >= 11 is 0. The summed E-state index contributed by atoms with van der Waals surface area (Å²) in [6.45, 7) is 0. The summed E-state index contributed by atoms with van der Waals surface area (Å²) in [6.07, 6.45) is 1.68. The molecule has 5 N–H and O–H groups in total. The molecule has 9 heteroatoms. The number of rotatable bonds is 3. The molecule has 98 valence electrons. The van der Waals surface area contributed by atoms with Crippen LogP contribution < -0.4 is 21.3 Å². The van der Waals surface area contributed by atoms with Gasteiger partial charge in [-0.15, -0.1) is 5.10 Å². The quantitative estimate of drug-likeness (QED) is 0.249. The molecular weight excluding hydrogens is 242 g/mol. The van der Waals surface area contributed by atoms with Crippen molar-refractivity contribution in [3.63, 3.8) is 0 Å². The summed E-state index contributed by atoms with van der Waals surface area (Å²) in [5, 5.41) is 21.0. The van der Waals surface area contributed by atoms with E-state index in [0.29, 0.717) is 0 Å². The van der Waals surface area contributed by atoms with E-state index in [-0.39, 0.29) is 5.96 Å². The normalized spacial score (nSPS) is 9.17. The van der Waals surface area contributed by atoms with Gasteiger partial charge in [-0.3, -0.25) is 0 Å². The van der Waals surface area contributed by atoms with Crippen LogP contribution in [0.2, 0.25) is 0 Å². The van der Waals surface area contributed by atoms with E-state index in [1.165, 1.54) is 0 Å². The lowest BCUT2D eigenvalue weighted by Gasteiger charge is -1.96. The third-order valence-electron chi connectivity index (χ3n) is 1.54. The number of hydrogen-bond acceptors (Lipinski definition) is 5. The molecule has 1 aromatic rings. The second kappa shape index (κ2) is 8.33. The van der Waals surface area contributed by atoms with Crippen molar-refractivity contribution in [1.82, 2.24) is 0 Å². The maximum atomic E-state index is 8.25. The maximum absolute atomic E-state index is 8.25. The predicted octanol–water partition coefficient (Wildman–Crippen LogP) is -1.86.